The van der Waals surface area contributed by atoms with Crippen LogP contribution in [0.1, 0.15) is 66.7 Å². The molecule has 0 saturated carbocycles. The number of carbonyl (C=O) groups excluding carboxylic acids is 4. The number of unbranched alkanes of at least 4 members (excludes halogenated alkanes) is 3. The zero-order valence-electron chi connectivity index (χ0n) is 28.0. The monoisotopic (exact) mass is 680 g/mol. The van der Waals surface area contributed by atoms with Crippen LogP contribution < -0.4 is 9.47 Å². The minimum atomic E-state index is -0.654. The van der Waals surface area contributed by atoms with E-state index in [1.54, 1.807) is 62.4 Å². The standard InChI is InChI=1S/C37H44O12/c1-24(2)34(38)44-20-7-5-6-18-42-28-14-10-26(11-15-28)36(40)48-30-22-46-33-31(23-47-32(30)33)49-37(41)27-12-16-29(17-13-27)43-19-8-9-21-45-35(39)25(3)4/h10-17,30-33H,1,3,5-9,18-23H2,2,4H3/t30-,31-,32?,33?/m1/s1. The fourth-order valence-corrected chi connectivity index (χ4v) is 4.96. The van der Waals surface area contributed by atoms with Gasteiger partial charge in [0.1, 0.15) is 23.7 Å². The smallest absolute Gasteiger partial charge is 0.338 e. The topological polar surface area (TPSA) is 142 Å². The van der Waals surface area contributed by atoms with Gasteiger partial charge in [0, 0.05) is 11.1 Å². The van der Waals surface area contributed by atoms with Crippen molar-refractivity contribution in [1.29, 1.82) is 0 Å². The highest BCUT2D eigenvalue weighted by atomic mass is 16.7. The van der Waals surface area contributed by atoms with Gasteiger partial charge in [0.25, 0.3) is 0 Å². The molecule has 49 heavy (non-hydrogen) atoms. The first-order valence-electron chi connectivity index (χ1n) is 16.4. The summed E-state index contributed by atoms with van der Waals surface area (Å²) in [5.74, 6) is -0.626. The highest BCUT2D eigenvalue weighted by molar-refractivity contribution is 5.90. The van der Waals surface area contributed by atoms with Gasteiger partial charge in [-0.1, -0.05) is 13.2 Å². The van der Waals surface area contributed by atoms with E-state index in [4.69, 9.17) is 37.9 Å². The molecule has 2 aromatic carbocycles. The summed E-state index contributed by atoms with van der Waals surface area (Å²) in [7, 11) is 0. The molecule has 12 nitrogen and oxygen atoms in total. The summed E-state index contributed by atoms with van der Waals surface area (Å²) < 4.78 is 44.6. The summed E-state index contributed by atoms with van der Waals surface area (Å²) in [4.78, 5) is 48.5. The first-order valence-corrected chi connectivity index (χ1v) is 16.4. The maximum absolute atomic E-state index is 12.9. The summed E-state index contributed by atoms with van der Waals surface area (Å²) in [6, 6.07) is 13.2. The second-order valence-electron chi connectivity index (χ2n) is 11.8. The molecule has 2 unspecified atom stereocenters. The first-order chi connectivity index (χ1) is 23.6. The van der Waals surface area contributed by atoms with Crippen LogP contribution >= 0.6 is 0 Å². The van der Waals surface area contributed by atoms with E-state index in [9.17, 15) is 19.2 Å². The lowest BCUT2D eigenvalue weighted by Gasteiger charge is -2.17. The molecule has 0 bridgehead atoms. The van der Waals surface area contributed by atoms with Gasteiger partial charge in [0.2, 0.25) is 0 Å². The maximum Gasteiger partial charge on any atom is 0.338 e. The molecule has 2 saturated heterocycles. The highest BCUT2D eigenvalue weighted by Crippen LogP contribution is 2.32. The average Bonchev–Trinajstić information content (AvgIpc) is 3.68. The quantitative estimate of drug-likeness (QED) is 0.0835. The van der Waals surface area contributed by atoms with E-state index < -0.39 is 42.3 Å². The van der Waals surface area contributed by atoms with E-state index in [0.29, 0.717) is 73.0 Å². The van der Waals surface area contributed by atoms with Crippen molar-refractivity contribution >= 4 is 23.9 Å². The fourth-order valence-electron chi connectivity index (χ4n) is 4.96. The van der Waals surface area contributed by atoms with Crippen LogP contribution in [0.15, 0.2) is 72.8 Å². The zero-order valence-corrected chi connectivity index (χ0v) is 28.0. The molecule has 12 heteroatoms. The Bertz CT molecular complexity index is 1450. The molecule has 2 heterocycles. The Labute approximate surface area is 286 Å². The fraction of sp³-hybridized carbons (Fsp3) is 0.459. The number of fused-ring (bicyclic) bond motifs is 1. The third-order valence-corrected chi connectivity index (χ3v) is 7.69. The van der Waals surface area contributed by atoms with Crippen LogP contribution in [0.5, 0.6) is 11.5 Å². The summed E-state index contributed by atoms with van der Waals surface area (Å²) in [5, 5.41) is 0. The van der Waals surface area contributed by atoms with Gasteiger partial charge in [0.05, 0.1) is 50.8 Å². The summed E-state index contributed by atoms with van der Waals surface area (Å²) in [5.41, 5.74) is 1.45. The van der Waals surface area contributed by atoms with Crippen LogP contribution in [0.4, 0.5) is 0 Å². The Hall–Kier alpha value is -4.68. The molecule has 0 spiro atoms. The zero-order chi connectivity index (χ0) is 35.2. The molecule has 0 amide bonds. The third-order valence-electron chi connectivity index (χ3n) is 7.69. The number of esters is 4. The van der Waals surface area contributed by atoms with Crippen molar-refractivity contribution in [3.63, 3.8) is 0 Å². The second kappa shape index (κ2) is 18.8. The van der Waals surface area contributed by atoms with Crippen molar-refractivity contribution in [3.8, 4) is 11.5 Å². The molecule has 2 aliphatic rings. The Balaban J connectivity index is 1.13. The molecule has 0 aliphatic carbocycles. The largest absolute Gasteiger partial charge is 0.494 e. The second-order valence-corrected chi connectivity index (χ2v) is 11.8. The Kier molecular flexibility index (Phi) is 14.2. The Morgan fingerprint density at radius 1 is 0.592 bits per heavy atom. The minimum absolute atomic E-state index is 0.115. The van der Waals surface area contributed by atoms with Gasteiger partial charge < -0.3 is 37.9 Å². The molecule has 264 valence electrons. The van der Waals surface area contributed by atoms with Crippen LogP contribution in [-0.4, -0.2) is 87.9 Å². The summed E-state index contributed by atoms with van der Waals surface area (Å²) in [6.07, 6.45) is 1.28. The number of ether oxygens (including phenoxy) is 8. The van der Waals surface area contributed by atoms with Gasteiger partial charge in [-0.3, -0.25) is 0 Å². The van der Waals surface area contributed by atoms with Crippen molar-refractivity contribution in [2.24, 2.45) is 0 Å². The normalized spacial score (nSPS) is 19.3. The van der Waals surface area contributed by atoms with E-state index in [0.717, 1.165) is 19.3 Å². The lowest BCUT2D eigenvalue weighted by molar-refractivity contribution is -0.139. The minimum Gasteiger partial charge on any atom is -0.494 e. The number of hydrogen-bond donors (Lipinski definition) is 0. The number of rotatable bonds is 19. The molecular weight excluding hydrogens is 636 g/mol. The van der Waals surface area contributed by atoms with Gasteiger partial charge in [-0.2, -0.15) is 0 Å². The van der Waals surface area contributed by atoms with E-state index in [1.165, 1.54) is 0 Å². The molecule has 0 radical (unpaired) electrons. The van der Waals surface area contributed by atoms with Crippen molar-refractivity contribution in [3.05, 3.63) is 84.0 Å². The van der Waals surface area contributed by atoms with E-state index >= 15 is 0 Å². The predicted molar refractivity (Wildman–Crippen MR) is 176 cm³/mol. The molecule has 0 N–H and O–H groups in total. The average molecular weight is 681 g/mol. The molecule has 4 atom stereocenters. The van der Waals surface area contributed by atoms with Gasteiger partial charge in [0.15, 0.2) is 12.2 Å². The third kappa shape index (κ3) is 11.5. The van der Waals surface area contributed by atoms with E-state index in [2.05, 4.69) is 13.2 Å². The van der Waals surface area contributed by atoms with Crippen LogP contribution in [-0.2, 0) is 38.0 Å². The van der Waals surface area contributed by atoms with Crippen molar-refractivity contribution in [1.82, 2.24) is 0 Å². The van der Waals surface area contributed by atoms with Crippen LogP contribution in [0, 0.1) is 0 Å². The molecular formula is C37H44O12. The van der Waals surface area contributed by atoms with Crippen LogP contribution in [0.3, 0.4) is 0 Å². The van der Waals surface area contributed by atoms with Crippen LogP contribution in [0.2, 0.25) is 0 Å². The van der Waals surface area contributed by atoms with Crippen molar-refractivity contribution in [2.45, 2.75) is 70.4 Å². The van der Waals surface area contributed by atoms with Gasteiger partial charge in [-0.25, -0.2) is 19.2 Å². The van der Waals surface area contributed by atoms with Gasteiger partial charge in [-0.15, -0.1) is 0 Å². The van der Waals surface area contributed by atoms with Crippen molar-refractivity contribution < 1.29 is 57.1 Å². The van der Waals surface area contributed by atoms with Gasteiger partial charge in [-0.05, 0) is 94.5 Å². The molecule has 2 aliphatic heterocycles. The van der Waals surface area contributed by atoms with Crippen molar-refractivity contribution in [2.75, 3.05) is 39.6 Å². The number of hydrogen-bond acceptors (Lipinski definition) is 12. The number of carbonyl (C=O) groups is 4. The summed E-state index contributed by atoms with van der Waals surface area (Å²) in [6.45, 7) is 12.1. The lowest BCUT2D eigenvalue weighted by atomic mass is 10.1. The van der Waals surface area contributed by atoms with E-state index in [1.807, 2.05) is 0 Å². The molecule has 0 aromatic heterocycles. The summed E-state index contributed by atoms with van der Waals surface area (Å²) >= 11 is 0. The highest BCUT2D eigenvalue weighted by Gasteiger charge is 2.51. The van der Waals surface area contributed by atoms with E-state index in [-0.39, 0.29) is 19.2 Å². The van der Waals surface area contributed by atoms with Gasteiger partial charge >= 0.3 is 23.9 Å². The lowest BCUT2D eigenvalue weighted by Crippen LogP contribution is -2.36. The predicted octanol–water partition coefficient (Wildman–Crippen LogP) is 5.18. The Morgan fingerprint density at radius 2 is 0.959 bits per heavy atom. The SMILES string of the molecule is C=C(C)C(=O)OCCCCCOc1ccc(C(=O)O[C@@H]2COC3C2OC[C@H]3OC(=O)c2ccc(OCCCCOC(=O)C(=C)C)cc2)cc1. The molecule has 4 rings (SSSR count). The molecule has 2 aromatic rings. The number of benzene rings is 2. The maximum atomic E-state index is 12.9. The first kappa shape index (κ1) is 37.1. The van der Waals surface area contributed by atoms with Crippen LogP contribution in [0.25, 0.3) is 0 Å². The Morgan fingerprint density at radius 3 is 1.37 bits per heavy atom. The molecule has 2 fully saturated rings.